The zero-order valence-corrected chi connectivity index (χ0v) is 18.1. The second-order valence-corrected chi connectivity index (χ2v) is 9.57. The lowest BCUT2D eigenvalue weighted by molar-refractivity contribution is -0.141. The Kier molecular flexibility index (Phi) is 4.95. The van der Waals surface area contributed by atoms with Crippen LogP contribution in [-0.2, 0) is 9.59 Å². The van der Waals surface area contributed by atoms with Gasteiger partial charge in [-0.15, -0.1) is 0 Å². The molecule has 1 aliphatic carbocycles. The topological polar surface area (TPSA) is 137 Å². The summed E-state index contributed by atoms with van der Waals surface area (Å²) in [7, 11) is 0. The fraction of sp³-hybridized carbons (Fsp3) is 0.565. The van der Waals surface area contributed by atoms with Crippen LogP contribution in [0.4, 0.5) is 0 Å². The molecule has 5 rings (SSSR count). The second-order valence-electron chi connectivity index (χ2n) is 9.57. The Morgan fingerprint density at radius 3 is 2.75 bits per heavy atom. The van der Waals surface area contributed by atoms with Gasteiger partial charge >= 0.3 is 0 Å². The van der Waals surface area contributed by atoms with Crippen LogP contribution in [0.5, 0.6) is 0 Å². The lowest BCUT2D eigenvalue weighted by Gasteiger charge is -2.38. The molecule has 1 aromatic carbocycles. The molecule has 1 unspecified atom stereocenters. The predicted molar refractivity (Wildman–Crippen MR) is 115 cm³/mol. The lowest BCUT2D eigenvalue weighted by Crippen LogP contribution is -2.57. The molecular weight excluding hydrogens is 408 g/mol. The van der Waals surface area contributed by atoms with Crippen LogP contribution in [0.3, 0.4) is 0 Å². The van der Waals surface area contributed by atoms with Crippen LogP contribution in [0.2, 0.25) is 0 Å². The van der Waals surface area contributed by atoms with Crippen LogP contribution in [0.25, 0.3) is 0 Å². The summed E-state index contributed by atoms with van der Waals surface area (Å²) in [6.45, 7) is 2.93. The third kappa shape index (κ3) is 3.26. The Balaban J connectivity index is 1.24. The molecule has 0 aromatic heterocycles. The number of hydrogen-bond donors (Lipinski definition) is 2. The van der Waals surface area contributed by atoms with Crippen LogP contribution in [0.1, 0.15) is 48.1 Å². The molecule has 3 amide bonds. The minimum absolute atomic E-state index is 0.0243. The first-order valence-corrected chi connectivity index (χ1v) is 11.2. The number of primary amides is 1. The van der Waals surface area contributed by atoms with Gasteiger partial charge < -0.3 is 21.3 Å². The van der Waals surface area contributed by atoms with Crippen molar-refractivity contribution in [2.24, 2.45) is 17.4 Å². The largest absolute Gasteiger partial charge is 0.366 e. The average molecular weight is 437 g/mol. The van der Waals surface area contributed by atoms with E-state index in [2.05, 4.69) is 6.07 Å². The van der Waals surface area contributed by atoms with Crippen LogP contribution in [0, 0.1) is 17.2 Å². The minimum Gasteiger partial charge on any atom is -0.366 e. The number of carbonyl (C=O) groups excluding carboxylic acids is 3. The number of rotatable bonds is 6. The lowest BCUT2D eigenvalue weighted by atomic mass is 10.0. The Morgan fingerprint density at radius 2 is 2.06 bits per heavy atom. The van der Waals surface area contributed by atoms with Crippen LogP contribution in [-0.4, -0.2) is 75.7 Å². The zero-order valence-electron chi connectivity index (χ0n) is 18.1. The van der Waals surface area contributed by atoms with Crippen molar-refractivity contribution in [3.63, 3.8) is 0 Å². The van der Waals surface area contributed by atoms with Crippen molar-refractivity contribution in [1.29, 1.82) is 5.26 Å². The fourth-order valence-corrected chi connectivity index (χ4v) is 5.92. The number of hydrogen-bond acceptors (Lipinski definition) is 6. The highest BCUT2D eigenvalue weighted by Gasteiger charge is 2.56. The average Bonchev–Trinajstić information content (AvgIpc) is 3.11. The summed E-state index contributed by atoms with van der Waals surface area (Å²) < 4.78 is 0. The van der Waals surface area contributed by atoms with E-state index in [1.54, 1.807) is 23.1 Å². The van der Waals surface area contributed by atoms with Crippen molar-refractivity contribution >= 4 is 17.7 Å². The Hall–Kier alpha value is -2.96. The maximum Gasteiger partial charge on any atom is 0.248 e. The van der Waals surface area contributed by atoms with Gasteiger partial charge in [0, 0.05) is 30.7 Å². The van der Waals surface area contributed by atoms with Gasteiger partial charge in [-0.1, -0.05) is 12.1 Å². The molecule has 9 nitrogen and oxygen atoms in total. The van der Waals surface area contributed by atoms with Crippen molar-refractivity contribution in [2.75, 3.05) is 13.1 Å². The molecule has 4 aliphatic rings. The van der Waals surface area contributed by atoms with E-state index < -0.39 is 11.9 Å². The first-order valence-electron chi connectivity index (χ1n) is 11.2. The molecule has 9 heteroatoms. The summed E-state index contributed by atoms with van der Waals surface area (Å²) in [6.07, 6.45) is 2.42. The highest BCUT2D eigenvalue weighted by Crippen LogP contribution is 2.48. The van der Waals surface area contributed by atoms with E-state index in [1.165, 1.54) is 0 Å². The quantitative estimate of drug-likeness (QED) is 0.643. The first kappa shape index (κ1) is 20.9. The van der Waals surface area contributed by atoms with Gasteiger partial charge in [0.25, 0.3) is 0 Å². The number of piperidine rings is 1. The van der Waals surface area contributed by atoms with E-state index >= 15 is 0 Å². The van der Waals surface area contributed by atoms with Crippen LogP contribution >= 0.6 is 0 Å². The summed E-state index contributed by atoms with van der Waals surface area (Å²) in [5, 5.41) is 9.36. The summed E-state index contributed by atoms with van der Waals surface area (Å²) >= 11 is 0. The van der Waals surface area contributed by atoms with Gasteiger partial charge in [0.05, 0.1) is 24.2 Å². The smallest absolute Gasteiger partial charge is 0.248 e. The highest BCUT2D eigenvalue weighted by atomic mass is 16.2. The molecule has 3 aliphatic heterocycles. The molecule has 3 heterocycles. The predicted octanol–water partition coefficient (Wildman–Crippen LogP) is -0.0281. The van der Waals surface area contributed by atoms with Gasteiger partial charge in [0.15, 0.2) is 0 Å². The molecule has 168 valence electrons. The third-order valence-electron chi connectivity index (χ3n) is 7.64. The SMILES string of the molecule is C[C@H](c1cccc(C(N)=O)c1)N1C(=O)[C@@H]2C[C@H]1CN2C[C@H](N)C(=O)N1C2C[C@H]2C[C@H]1C#N. The van der Waals surface area contributed by atoms with Crippen molar-refractivity contribution in [3.05, 3.63) is 35.4 Å². The molecule has 7 atom stereocenters. The van der Waals surface area contributed by atoms with E-state index in [4.69, 9.17) is 11.5 Å². The highest BCUT2D eigenvalue weighted by molar-refractivity contribution is 5.93. The van der Waals surface area contributed by atoms with Crippen LogP contribution < -0.4 is 11.5 Å². The van der Waals surface area contributed by atoms with E-state index in [-0.39, 0.29) is 42.0 Å². The molecule has 4 fully saturated rings. The summed E-state index contributed by atoms with van der Waals surface area (Å²) in [6, 6.07) is 7.93. The number of piperazine rings is 1. The number of likely N-dealkylation sites (tertiary alicyclic amines) is 3. The number of nitrogens with two attached hydrogens (primary N) is 2. The van der Waals surface area contributed by atoms with Gasteiger partial charge in [-0.3, -0.25) is 19.3 Å². The zero-order chi connectivity index (χ0) is 22.7. The Bertz CT molecular complexity index is 1020. The van der Waals surface area contributed by atoms with Gasteiger partial charge in [0.2, 0.25) is 17.7 Å². The molecule has 0 radical (unpaired) electrons. The van der Waals surface area contributed by atoms with E-state index in [1.807, 2.05) is 22.8 Å². The summed E-state index contributed by atoms with van der Waals surface area (Å²) in [4.78, 5) is 43.3. The summed E-state index contributed by atoms with van der Waals surface area (Å²) in [5.74, 6) is -0.197. The monoisotopic (exact) mass is 436 g/mol. The Morgan fingerprint density at radius 1 is 1.28 bits per heavy atom. The molecule has 0 spiro atoms. The molecule has 1 saturated carbocycles. The minimum atomic E-state index is -0.740. The van der Waals surface area contributed by atoms with E-state index in [0.29, 0.717) is 31.0 Å². The fourth-order valence-electron chi connectivity index (χ4n) is 5.92. The van der Waals surface area contributed by atoms with Gasteiger partial charge in [-0.25, -0.2) is 0 Å². The number of nitriles is 1. The van der Waals surface area contributed by atoms with Crippen molar-refractivity contribution in [3.8, 4) is 6.07 Å². The molecule has 2 bridgehead atoms. The standard InChI is InChI=1S/C23H28N6O3/c1-12(13-3-2-4-14(5-13)21(26)30)28-17-8-20(23(28)32)27(10-17)11-18(25)22(31)29-16(9-24)6-15-7-19(15)29/h2-5,12,15-20H,6-8,10-11,25H2,1H3,(H2,26,30)/t12-,15-,16+,17+,18+,19?,20+/m1/s1. The van der Waals surface area contributed by atoms with Gasteiger partial charge in [0.1, 0.15) is 6.04 Å². The number of fused-ring (bicyclic) bond motifs is 3. The number of amides is 3. The maximum absolute atomic E-state index is 13.2. The first-order chi connectivity index (χ1) is 15.3. The van der Waals surface area contributed by atoms with Gasteiger partial charge in [-0.05, 0) is 49.8 Å². The molecule has 4 N–H and O–H groups in total. The van der Waals surface area contributed by atoms with Gasteiger partial charge in [-0.2, -0.15) is 5.26 Å². The number of benzene rings is 1. The maximum atomic E-state index is 13.2. The molecule has 1 aromatic rings. The van der Waals surface area contributed by atoms with E-state index in [9.17, 15) is 19.6 Å². The Labute approximate surface area is 186 Å². The van der Waals surface area contributed by atoms with Crippen molar-refractivity contribution in [2.45, 2.75) is 62.4 Å². The molecule has 32 heavy (non-hydrogen) atoms. The molecular formula is C23H28N6O3. The second kappa shape index (κ2) is 7.57. The third-order valence-corrected chi connectivity index (χ3v) is 7.64. The van der Waals surface area contributed by atoms with E-state index in [0.717, 1.165) is 18.4 Å². The normalized spacial score (nSPS) is 32.5. The number of carbonyl (C=O) groups is 3. The van der Waals surface area contributed by atoms with Crippen molar-refractivity contribution < 1.29 is 14.4 Å². The van der Waals surface area contributed by atoms with Crippen molar-refractivity contribution in [1.82, 2.24) is 14.7 Å². The number of nitrogens with zero attached hydrogens (tertiary/aromatic N) is 4. The molecule has 3 saturated heterocycles. The van der Waals surface area contributed by atoms with Crippen LogP contribution in [0.15, 0.2) is 24.3 Å². The summed E-state index contributed by atoms with van der Waals surface area (Å²) in [5.41, 5.74) is 13.0.